The molecule has 1 N–H and O–H groups in total. The second-order valence-corrected chi connectivity index (χ2v) is 9.48. The molecule has 0 aliphatic carbocycles. The number of amides is 1. The van der Waals surface area contributed by atoms with Crippen molar-refractivity contribution in [3.05, 3.63) is 59.2 Å². The van der Waals surface area contributed by atoms with Gasteiger partial charge in [-0.1, -0.05) is 24.3 Å². The molecule has 30 heavy (non-hydrogen) atoms. The zero-order chi connectivity index (χ0) is 21.7. The van der Waals surface area contributed by atoms with Crippen LogP contribution in [0.15, 0.2) is 47.4 Å². The summed E-state index contributed by atoms with van der Waals surface area (Å²) in [6.07, 6.45) is 1.56. The van der Waals surface area contributed by atoms with E-state index in [1.165, 1.54) is 0 Å². The molecule has 0 spiro atoms. The van der Waals surface area contributed by atoms with Gasteiger partial charge in [0.15, 0.2) is 0 Å². The Morgan fingerprint density at radius 3 is 2.40 bits per heavy atom. The van der Waals surface area contributed by atoms with Crippen LogP contribution in [-0.4, -0.2) is 45.0 Å². The predicted octanol–water partition coefficient (Wildman–Crippen LogP) is 3.21. The molecule has 0 bridgehead atoms. The number of carbonyl (C=O) groups excluding carboxylic acids is 1. The number of piperidine rings is 1. The van der Waals surface area contributed by atoms with Crippen molar-refractivity contribution in [1.82, 2.24) is 9.62 Å². The van der Waals surface area contributed by atoms with Crippen LogP contribution >= 0.6 is 0 Å². The molecular formula is C23H30N2O4S. The van der Waals surface area contributed by atoms with Crippen LogP contribution in [0.3, 0.4) is 0 Å². The van der Waals surface area contributed by atoms with Crippen molar-refractivity contribution < 1.29 is 17.9 Å². The van der Waals surface area contributed by atoms with Crippen molar-refractivity contribution in [3.63, 3.8) is 0 Å². The first-order valence-electron chi connectivity index (χ1n) is 10.4. The highest BCUT2D eigenvalue weighted by molar-refractivity contribution is 7.89. The molecule has 0 unspecified atom stereocenters. The molecule has 1 aliphatic heterocycles. The lowest BCUT2D eigenvalue weighted by Crippen LogP contribution is -2.47. The van der Waals surface area contributed by atoms with Crippen molar-refractivity contribution in [2.45, 2.75) is 51.0 Å². The first-order valence-corrected chi connectivity index (χ1v) is 11.9. The largest absolute Gasteiger partial charge is 0.494 e. The molecule has 7 heteroatoms. The highest BCUT2D eigenvalue weighted by atomic mass is 32.2. The number of carbonyl (C=O) groups is 1. The van der Waals surface area contributed by atoms with Gasteiger partial charge in [0.25, 0.3) is 0 Å². The summed E-state index contributed by atoms with van der Waals surface area (Å²) in [5, 5.41) is 0. The molecule has 1 heterocycles. The van der Waals surface area contributed by atoms with E-state index in [0.29, 0.717) is 43.9 Å². The van der Waals surface area contributed by atoms with Crippen molar-refractivity contribution in [2.75, 3.05) is 19.7 Å². The quantitative estimate of drug-likeness (QED) is 0.732. The summed E-state index contributed by atoms with van der Waals surface area (Å²) < 4.78 is 33.9. The number of likely N-dealkylation sites (tertiary alicyclic amines) is 1. The number of hydrogen-bond acceptors (Lipinski definition) is 4. The SMILES string of the molecule is CCOc1ccc(CC(=O)N2CCC(NS(=O)(=O)c3cc(C)ccc3C)CC2)cc1. The highest BCUT2D eigenvalue weighted by Gasteiger charge is 2.27. The molecule has 0 radical (unpaired) electrons. The molecule has 0 aromatic heterocycles. The third kappa shape index (κ3) is 5.61. The zero-order valence-electron chi connectivity index (χ0n) is 17.8. The first kappa shape index (κ1) is 22.3. The van der Waals surface area contributed by atoms with Crippen LogP contribution in [0.5, 0.6) is 5.75 Å². The maximum Gasteiger partial charge on any atom is 0.241 e. The molecule has 0 saturated carbocycles. The minimum atomic E-state index is -3.57. The summed E-state index contributed by atoms with van der Waals surface area (Å²) in [5.74, 6) is 0.862. The number of benzene rings is 2. The minimum absolute atomic E-state index is 0.0648. The van der Waals surface area contributed by atoms with E-state index < -0.39 is 10.0 Å². The smallest absolute Gasteiger partial charge is 0.241 e. The average Bonchev–Trinajstić information content (AvgIpc) is 2.71. The standard InChI is InChI=1S/C23H30N2O4S/c1-4-29-21-9-7-19(8-10-21)16-23(26)25-13-11-20(12-14-25)24-30(27,28)22-15-17(2)5-6-18(22)3/h5-10,15,20,24H,4,11-14,16H2,1-3H3. The van der Waals surface area contributed by atoms with E-state index in [1.54, 1.807) is 13.0 Å². The Kier molecular flexibility index (Phi) is 7.15. The molecule has 1 aliphatic rings. The van der Waals surface area contributed by atoms with Crippen molar-refractivity contribution in [2.24, 2.45) is 0 Å². The van der Waals surface area contributed by atoms with Gasteiger partial charge in [-0.25, -0.2) is 13.1 Å². The summed E-state index contributed by atoms with van der Waals surface area (Å²) >= 11 is 0. The molecule has 3 rings (SSSR count). The number of nitrogens with one attached hydrogen (secondary N) is 1. The topological polar surface area (TPSA) is 75.7 Å². The van der Waals surface area contributed by atoms with E-state index in [1.807, 2.05) is 55.1 Å². The van der Waals surface area contributed by atoms with Gasteiger partial charge in [-0.05, 0) is 68.5 Å². The van der Waals surface area contributed by atoms with E-state index in [9.17, 15) is 13.2 Å². The Morgan fingerprint density at radius 1 is 1.10 bits per heavy atom. The average molecular weight is 431 g/mol. The second kappa shape index (κ2) is 9.62. The first-order chi connectivity index (χ1) is 14.3. The number of rotatable bonds is 7. The molecular weight excluding hydrogens is 400 g/mol. The minimum Gasteiger partial charge on any atom is -0.494 e. The number of hydrogen-bond donors (Lipinski definition) is 1. The van der Waals surface area contributed by atoms with E-state index in [4.69, 9.17) is 4.74 Å². The van der Waals surface area contributed by atoms with Crippen molar-refractivity contribution >= 4 is 15.9 Å². The molecule has 1 saturated heterocycles. The predicted molar refractivity (Wildman–Crippen MR) is 117 cm³/mol. The number of sulfonamides is 1. The summed E-state index contributed by atoms with van der Waals surface area (Å²) in [7, 11) is -3.57. The normalized spacial score (nSPS) is 15.2. The summed E-state index contributed by atoms with van der Waals surface area (Å²) in [4.78, 5) is 14.8. The molecule has 2 aromatic rings. The van der Waals surface area contributed by atoms with Crippen LogP contribution in [0.2, 0.25) is 0 Å². The van der Waals surface area contributed by atoms with Gasteiger partial charge in [-0.3, -0.25) is 4.79 Å². The summed E-state index contributed by atoms with van der Waals surface area (Å²) in [6, 6.07) is 12.8. The van der Waals surface area contributed by atoms with Gasteiger partial charge < -0.3 is 9.64 Å². The van der Waals surface area contributed by atoms with Gasteiger partial charge in [0, 0.05) is 19.1 Å². The fourth-order valence-electron chi connectivity index (χ4n) is 3.68. The Bertz CT molecular complexity index is 979. The lowest BCUT2D eigenvalue weighted by molar-refractivity contribution is -0.131. The fraction of sp³-hybridized carbons (Fsp3) is 0.435. The van der Waals surface area contributed by atoms with E-state index >= 15 is 0 Å². The number of aryl methyl sites for hydroxylation is 2. The van der Waals surface area contributed by atoms with E-state index in [2.05, 4.69) is 4.72 Å². The van der Waals surface area contributed by atoms with Crippen molar-refractivity contribution in [1.29, 1.82) is 0 Å². The lowest BCUT2D eigenvalue weighted by Gasteiger charge is -2.32. The number of nitrogens with zero attached hydrogens (tertiary/aromatic N) is 1. The lowest BCUT2D eigenvalue weighted by atomic mass is 10.0. The summed E-state index contributed by atoms with van der Waals surface area (Å²) in [6.45, 7) is 7.33. The van der Waals surface area contributed by atoms with Crippen LogP contribution in [0, 0.1) is 13.8 Å². The van der Waals surface area contributed by atoms with Gasteiger partial charge in [0.05, 0.1) is 17.9 Å². The number of ether oxygens (including phenoxy) is 1. The zero-order valence-corrected chi connectivity index (χ0v) is 18.7. The molecule has 1 amide bonds. The fourth-order valence-corrected chi connectivity index (χ4v) is 5.32. The van der Waals surface area contributed by atoms with Gasteiger partial charge in [0.2, 0.25) is 15.9 Å². The van der Waals surface area contributed by atoms with Crippen LogP contribution in [0.25, 0.3) is 0 Å². The Balaban J connectivity index is 1.54. The van der Waals surface area contributed by atoms with Gasteiger partial charge in [-0.2, -0.15) is 0 Å². The Morgan fingerprint density at radius 2 is 1.77 bits per heavy atom. The Labute approximate surface area is 179 Å². The van der Waals surface area contributed by atoms with Crippen LogP contribution in [0.1, 0.15) is 36.5 Å². The maximum absolute atomic E-state index is 12.8. The van der Waals surface area contributed by atoms with Crippen LogP contribution in [0.4, 0.5) is 0 Å². The monoisotopic (exact) mass is 430 g/mol. The van der Waals surface area contributed by atoms with E-state index in [0.717, 1.165) is 22.4 Å². The second-order valence-electron chi connectivity index (χ2n) is 7.80. The highest BCUT2D eigenvalue weighted by Crippen LogP contribution is 2.20. The van der Waals surface area contributed by atoms with Crippen molar-refractivity contribution in [3.8, 4) is 5.75 Å². The Hall–Kier alpha value is -2.38. The third-order valence-corrected chi connectivity index (χ3v) is 7.05. The summed E-state index contributed by atoms with van der Waals surface area (Å²) in [5.41, 5.74) is 2.59. The molecule has 1 fully saturated rings. The van der Waals surface area contributed by atoms with E-state index in [-0.39, 0.29) is 11.9 Å². The maximum atomic E-state index is 12.8. The molecule has 6 nitrogen and oxygen atoms in total. The third-order valence-electron chi connectivity index (χ3n) is 5.39. The van der Waals surface area contributed by atoms with Crippen LogP contribution in [-0.2, 0) is 21.2 Å². The van der Waals surface area contributed by atoms with Gasteiger partial charge >= 0.3 is 0 Å². The van der Waals surface area contributed by atoms with Gasteiger partial charge in [0.1, 0.15) is 5.75 Å². The molecule has 162 valence electrons. The van der Waals surface area contributed by atoms with Gasteiger partial charge in [-0.15, -0.1) is 0 Å². The van der Waals surface area contributed by atoms with Crippen LogP contribution < -0.4 is 9.46 Å². The molecule has 0 atom stereocenters. The molecule has 2 aromatic carbocycles.